The smallest absolute Gasteiger partial charge is 0.269 e. The molecule has 2 aromatic carbocycles. The summed E-state index contributed by atoms with van der Waals surface area (Å²) in [5, 5.41) is 3.86. The molecule has 0 saturated heterocycles. The maximum Gasteiger partial charge on any atom is 0.269 e. The molecule has 0 amide bonds. The molecule has 1 heterocycles. The average molecular weight is 467 g/mol. The van der Waals surface area contributed by atoms with Crippen LogP contribution in [0.15, 0.2) is 50.3 Å². The molecule has 0 bridgehead atoms. The number of hydrogen-bond donors (Lipinski definition) is 1. The van der Waals surface area contributed by atoms with Gasteiger partial charge in [-0.25, -0.2) is 17.2 Å². The van der Waals surface area contributed by atoms with E-state index in [4.69, 9.17) is 4.52 Å². The van der Waals surface area contributed by atoms with E-state index in [9.17, 15) is 17.2 Å². The number of anilines is 1. The molecule has 1 N–H and O–H groups in total. The molecule has 5 nitrogen and oxygen atoms in total. The minimum Gasteiger partial charge on any atom is -0.354 e. The number of fused-ring (bicyclic) bond motifs is 4. The lowest BCUT2D eigenvalue weighted by atomic mass is 9.79. The van der Waals surface area contributed by atoms with Crippen molar-refractivity contribution >= 4 is 31.8 Å². The molecule has 0 atom stereocenters. The number of nitrogens with one attached hydrogen (secondary N) is 1. The highest BCUT2D eigenvalue weighted by Gasteiger charge is 2.50. The summed E-state index contributed by atoms with van der Waals surface area (Å²) in [4.78, 5) is -1.04. The van der Waals surface area contributed by atoms with Crippen molar-refractivity contribution in [1.82, 2.24) is 5.16 Å². The van der Waals surface area contributed by atoms with Gasteiger partial charge in [-0.15, -0.1) is 0 Å². The number of aromatic nitrogens is 1. The van der Waals surface area contributed by atoms with Gasteiger partial charge in [-0.05, 0) is 49.1 Å². The van der Waals surface area contributed by atoms with Crippen LogP contribution in [0.5, 0.6) is 0 Å². The van der Waals surface area contributed by atoms with Crippen LogP contribution in [-0.4, -0.2) is 13.6 Å². The SMILES string of the molecule is O=S(=O)(Nc1noc2c1CC1(CC1)c1ccc(Br)cc1-2)c1c(F)cccc1F. The van der Waals surface area contributed by atoms with E-state index < -0.39 is 26.6 Å². The van der Waals surface area contributed by atoms with Gasteiger partial charge in [0.25, 0.3) is 10.0 Å². The zero-order valence-electron chi connectivity index (χ0n) is 14.3. The summed E-state index contributed by atoms with van der Waals surface area (Å²) in [5.41, 5.74) is 2.53. The Labute approximate surface area is 167 Å². The highest BCUT2D eigenvalue weighted by Crippen LogP contribution is 2.58. The second-order valence-corrected chi connectivity index (χ2v) is 9.68. The molecule has 0 aliphatic heterocycles. The Kier molecular flexibility index (Phi) is 3.73. The van der Waals surface area contributed by atoms with E-state index in [-0.39, 0.29) is 11.2 Å². The highest BCUT2D eigenvalue weighted by molar-refractivity contribution is 9.10. The van der Waals surface area contributed by atoms with E-state index in [1.165, 1.54) is 0 Å². The van der Waals surface area contributed by atoms with E-state index in [2.05, 4.69) is 25.8 Å². The third kappa shape index (κ3) is 2.60. The van der Waals surface area contributed by atoms with E-state index in [0.29, 0.717) is 17.7 Å². The molecule has 3 aromatic rings. The lowest BCUT2D eigenvalue weighted by molar-refractivity contribution is 0.431. The number of sulfonamides is 1. The van der Waals surface area contributed by atoms with Crippen LogP contribution in [-0.2, 0) is 21.9 Å². The molecule has 1 spiro atoms. The molecule has 0 unspecified atom stereocenters. The summed E-state index contributed by atoms with van der Waals surface area (Å²) < 4.78 is 61.7. The van der Waals surface area contributed by atoms with Crippen LogP contribution >= 0.6 is 15.9 Å². The lowest BCUT2D eigenvalue weighted by Gasteiger charge is -2.24. The quantitative estimate of drug-likeness (QED) is 0.603. The van der Waals surface area contributed by atoms with Crippen molar-refractivity contribution < 1.29 is 21.7 Å². The number of benzene rings is 2. The molecule has 1 saturated carbocycles. The van der Waals surface area contributed by atoms with E-state index in [0.717, 1.165) is 46.6 Å². The van der Waals surface area contributed by atoms with Crippen LogP contribution in [0.1, 0.15) is 24.0 Å². The van der Waals surface area contributed by atoms with Gasteiger partial charge in [-0.3, -0.25) is 4.72 Å². The number of rotatable bonds is 3. The second kappa shape index (κ2) is 5.87. The first-order chi connectivity index (χ1) is 13.3. The van der Waals surface area contributed by atoms with Crippen molar-refractivity contribution in [3.8, 4) is 11.3 Å². The fourth-order valence-electron chi connectivity index (χ4n) is 3.88. The Morgan fingerprint density at radius 2 is 1.86 bits per heavy atom. The Morgan fingerprint density at radius 1 is 1.14 bits per heavy atom. The first-order valence-electron chi connectivity index (χ1n) is 8.57. The standard InChI is InChI=1S/C19H13BrF2N2O3S/c20-10-4-5-13-11(8-10)16-12(9-19(13)6-7-19)18(23-27-16)24-28(25,26)17-14(21)2-1-3-15(17)22/h1-5,8H,6-7,9H2,(H,23,24). The van der Waals surface area contributed by atoms with Crippen LogP contribution in [0.2, 0.25) is 0 Å². The first kappa shape index (κ1) is 17.8. The zero-order chi connectivity index (χ0) is 19.7. The van der Waals surface area contributed by atoms with Crippen LogP contribution in [0, 0.1) is 11.6 Å². The van der Waals surface area contributed by atoms with Gasteiger partial charge in [0.2, 0.25) is 0 Å². The molecule has 2 aliphatic rings. The van der Waals surface area contributed by atoms with Gasteiger partial charge >= 0.3 is 0 Å². The normalized spacial score (nSPS) is 16.5. The van der Waals surface area contributed by atoms with Crippen molar-refractivity contribution in [2.45, 2.75) is 29.6 Å². The summed E-state index contributed by atoms with van der Waals surface area (Å²) >= 11 is 3.45. The number of hydrogen-bond acceptors (Lipinski definition) is 4. The Balaban J connectivity index is 1.61. The molecular weight excluding hydrogens is 454 g/mol. The maximum absolute atomic E-state index is 14.0. The molecule has 2 aliphatic carbocycles. The van der Waals surface area contributed by atoms with Crippen LogP contribution in [0.25, 0.3) is 11.3 Å². The lowest BCUT2D eigenvalue weighted by Crippen LogP contribution is -2.21. The second-order valence-electron chi connectivity index (χ2n) is 7.14. The average Bonchev–Trinajstić information content (AvgIpc) is 3.28. The molecule has 1 aromatic heterocycles. The monoisotopic (exact) mass is 466 g/mol. The molecule has 0 radical (unpaired) electrons. The number of nitrogens with zero attached hydrogens (tertiary/aromatic N) is 1. The molecule has 5 rings (SSSR count). The van der Waals surface area contributed by atoms with Crippen LogP contribution in [0.4, 0.5) is 14.6 Å². The van der Waals surface area contributed by atoms with Gasteiger partial charge in [-0.2, -0.15) is 0 Å². The Hall–Kier alpha value is -2.26. The molecular formula is C19H13BrF2N2O3S. The maximum atomic E-state index is 14.0. The Bertz CT molecular complexity index is 1220. The summed E-state index contributed by atoms with van der Waals surface area (Å²) in [7, 11) is -4.51. The topological polar surface area (TPSA) is 72.2 Å². The van der Waals surface area contributed by atoms with Crippen molar-refractivity contribution in [3.63, 3.8) is 0 Å². The van der Waals surface area contributed by atoms with Gasteiger partial charge in [0.05, 0.1) is 0 Å². The third-order valence-corrected chi connectivity index (χ3v) is 7.26. The van der Waals surface area contributed by atoms with Gasteiger partial charge in [0.15, 0.2) is 16.5 Å². The largest absolute Gasteiger partial charge is 0.354 e. The van der Waals surface area contributed by atoms with Crippen molar-refractivity contribution in [2.24, 2.45) is 0 Å². The van der Waals surface area contributed by atoms with Gasteiger partial charge < -0.3 is 4.52 Å². The first-order valence-corrected chi connectivity index (χ1v) is 10.8. The minimum atomic E-state index is -4.51. The van der Waals surface area contributed by atoms with Crippen molar-refractivity contribution in [3.05, 3.63) is 63.6 Å². The van der Waals surface area contributed by atoms with Crippen molar-refractivity contribution in [2.75, 3.05) is 4.72 Å². The predicted octanol–water partition coefficient (Wildman–Crippen LogP) is 4.77. The molecule has 144 valence electrons. The fourth-order valence-corrected chi connectivity index (χ4v) is 5.41. The summed E-state index contributed by atoms with van der Waals surface area (Å²) in [6, 6.07) is 8.80. The molecule has 28 heavy (non-hydrogen) atoms. The third-order valence-electron chi connectivity index (χ3n) is 5.37. The molecule has 9 heteroatoms. The van der Waals surface area contributed by atoms with Gasteiger partial charge in [-0.1, -0.05) is 33.2 Å². The predicted molar refractivity (Wildman–Crippen MR) is 101 cm³/mol. The summed E-state index contributed by atoms with van der Waals surface area (Å²) in [6.45, 7) is 0. The summed E-state index contributed by atoms with van der Waals surface area (Å²) in [6.07, 6.45) is 2.50. The van der Waals surface area contributed by atoms with E-state index in [1.54, 1.807) is 0 Å². The van der Waals surface area contributed by atoms with Gasteiger partial charge in [0, 0.05) is 21.0 Å². The van der Waals surface area contributed by atoms with Crippen molar-refractivity contribution in [1.29, 1.82) is 0 Å². The van der Waals surface area contributed by atoms with E-state index >= 15 is 0 Å². The number of halogens is 3. The summed E-state index contributed by atoms with van der Waals surface area (Å²) in [5.74, 6) is -1.90. The minimum absolute atomic E-state index is 0.0328. The van der Waals surface area contributed by atoms with Crippen LogP contribution in [0.3, 0.4) is 0 Å². The van der Waals surface area contributed by atoms with E-state index in [1.807, 2.05) is 18.2 Å². The highest BCUT2D eigenvalue weighted by atomic mass is 79.9. The fraction of sp³-hybridized carbons (Fsp3) is 0.211. The van der Waals surface area contributed by atoms with Crippen LogP contribution < -0.4 is 4.72 Å². The van der Waals surface area contributed by atoms with Gasteiger partial charge in [0.1, 0.15) is 11.6 Å². The Morgan fingerprint density at radius 3 is 2.54 bits per heavy atom. The zero-order valence-corrected chi connectivity index (χ0v) is 16.7. The molecule has 1 fully saturated rings.